The van der Waals surface area contributed by atoms with E-state index in [9.17, 15) is 0 Å². The summed E-state index contributed by atoms with van der Waals surface area (Å²) in [4.78, 5) is 12.2. The Bertz CT molecular complexity index is 526. The molecule has 8 heteroatoms. The van der Waals surface area contributed by atoms with Crippen molar-refractivity contribution in [3.63, 3.8) is 0 Å². The van der Waals surface area contributed by atoms with Crippen molar-refractivity contribution in [1.29, 1.82) is 0 Å². The van der Waals surface area contributed by atoms with Crippen LogP contribution in [0, 0.1) is 0 Å². The summed E-state index contributed by atoms with van der Waals surface area (Å²) in [6.07, 6.45) is 3.12. The smallest absolute Gasteiger partial charge is 0.240 e. The van der Waals surface area contributed by atoms with Crippen molar-refractivity contribution in [3.05, 3.63) is 17.1 Å². The summed E-state index contributed by atoms with van der Waals surface area (Å²) >= 11 is 3.23. The van der Waals surface area contributed by atoms with Crippen molar-refractivity contribution in [2.45, 2.75) is 20.0 Å². The van der Waals surface area contributed by atoms with E-state index in [1.165, 1.54) is 10.9 Å². The minimum atomic E-state index is 0.0313. The summed E-state index contributed by atoms with van der Waals surface area (Å²) < 4.78 is 7.35. The third kappa shape index (κ3) is 2.70. The summed E-state index contributed by atoms with van der Waals surface area (Å²) in [5.41, 5.74) is 5.48. The van der Waals surface area contributed by atoms with E-state index in [1.54, 1.807) is 6.20 Å². The highest BCUT2D eigenvalue weighted by atomic mass is 79.9. The largest absolute Gasteiger partial charge is 0.474 e. The first-order valence-corrected chi connectivity index (χ1v) is 5.72. The molecule has 2 N–H and O–H groups in total. The van der Waals surface area contributed by atoms with Crippen molar-refractivity contribution in [1.82, 2.24) is 24.7 Å². The number of rotatable bonds is 3. The molecule has 0 amide bonds. The van der Waals surface area contributed by atoms with Gasteiger partial charge in [0.05, 0.1) is 18.5 Å². The van der Waals surface area contributed by atoms with Gasteiger partial charge in [-0.1, -0.05) is 0 Å². The molecule has 0 bridgehead atoms. The molecule has 0 saturated carbocycles. The van der Waals surface area contributed by atoms with Crippen LogP contribution in [0.4, 0.5) is 5.95 Å². The molecule has 0 aliphatic carbocycles. The summed E-state index contributed by atoms with van der Waals surface area (Å²) in [5.74, 6) is 1.08. The van der Waals surface area contributed by atoms with Crippen molar-refractivity contribution in [2.24, 2.45) is 0 Å². The molecular formula is C9H11BrN6O. The number of aromatic nitrogens is 5. The molecule has 90 valence electrons. The molecular weight excluding hydrogens is 288 g/mol. The van der Waals surface area contributed by atoms with Gasteiger partial charge in [0.1, 0.15) is 0 Å². The number of hydrogen-bond acceptors (Lipinski definition) is 6. The Morgan fingerprint density at radius 3 is 2.71 bits per heavy atom. The lowest BCUT2D eigenvalue weighted by molar-refractivity contribution is 0.231. The predicted octanol–water partition coefficient (Wildman–Crippen LogP) is 1.19. The van der Waals surface area contributed by atoms with Gasteiger partial charge >= 0.3 is 0 Å². The van der Waals surface area contributed by atoms with Gasteiger partial charge in [-0.3, -0.25) is 4.98 Å². The van der Waals surface area contributed by atoms with Gasteiger partial charge in [0, 0.05) is 0 Å². The average molecular weight is 299 g/mol. The van der Waals surface area contributed by atoms with Gasteiger partial charge in [-0.15, -0.1) is 5.10 Å². The zero-order chi connectivity index (χ0) is 12.4. The maximum atomic E-state index is 5.48. The summed E-state index contributed by atoms with van der Waals surface area (Å²) in [5, 5.41) is 3.98. The van der Waals surface area contributed by atoms with Crippen LogP contribution >= 0.6 is 15.9 Å². The second kappa shape index (κ2) is 4.66. The Morgan fingerprint density at radius 2 is 2.12 bits per heavy atom. The molecule has 0 aliphatic rings. The first-order valence-electron chi connectivity index (χ1n) is 4.93. The van der Waals surface area contributed by atoms with Gasteiger partial charge in [-0.05, 0) is 29.8 Å². The molecule has 0 spiro atoms. The van der Waals surface area contributed by atoms with Crippen molar-refractivity contribution >= 4 is 21.9 Å². The molecule has 0 fully saturated rings. The van der Waals surface area contributed by atoms with E-state index in [0.717, 1.165) is 0 Å². The van der Waals surface area contributed by atoms with Crippen LogP contribution in [0.5, 0.6) is 5.88 Å². The van der Waals surface area contributed by atoms with Crippen LogP contribution in [0.25, 0.3) is 5.82 Å². The van der Waals surface area contributed by atoms with E-state index >= 15 is 0 Å². The number of ether oxygens (including phenoxy) is 1. The fraction of sp³-hybridized carbons (Fsp3) is 0.333. The number of anilines is 1. The van der Waals surface area contributed by atoms with E-state index in [1.807, 2.05) is 13.8 Å². The third-order valence-corrected chi connectivity index (χ3v) is 2.27. The topological polar surface area (TPSA) is 91.7 Å². The highest BCUT2D eigenvalue weighted by Gasteiger charge is 2.10. The maximum Gasteiger partial charge on any atom is 0.240 e. The van der Waals surface area contributed by atoms with E-state index < -0.39 is 0 Å². The zero-order valence-corrected chi connectivity index (χ0v) is 10.9. The summed E-state index contributed by atoms with van der Waals surface area (Å²) in [6.45, 7) is 3.83. The van der Waals surface area contributed by atoms with E-state index in [-0.39, 0.29) is 12.1 Å². The number of nitrogens with two attached hydrogens (primary N) is 1. The monoisotopic (exact) mass is 298 g/mol. The number of nitrogen functional groups attached to an aromatic ring is 1. The molecule has 17 heavy (non-hydrogen) atoms. The quantitative estimate of drug-likeness (QED) is 0.915. The van der Waals surface area contributed by atoms with Crippen LogP contribution in [0.3, 0.4) is 0 Å². The fourth-order valence-electron chi connectivity index (χ4n) is 1.19. The van der Waals surface area contributed by atoms with Crippen LogP contribution in [-0.4, -0.2) is 30.8 Å². The standard InChI is InChI=1S/C9H11BrN6O/c1-5(2)17-7-4-12-3-6(13-7)16-8(10)14-9(11)15-16/h3-5H,1-2H3,(H2,11,15). The van der Waals surface area contributed by atoms with Crippen LogP contribution in [0.15, 0.2) is 17.1 Å². The summed E-state index contributed by atoms with van der Waals surface area (Å²) in [6, 6.07) is 0. The van der Waals surface area contributed by atoms with Gasteiger partial charge in [0.15, 0.2) is 5.82 Å². The molecule has 7 nitrogen and oxygen atoms in total. The molecule has 2 heterocycles. The van der Waals surface area contributed by atoms with Crippen molar-refractivity contribution in [2.75, 3.05) is 5.73 Å². The van der Waals surface area contributed by atoms with Crippen LogP contribution in [0.1, 0.15) is 13.8 Å². The molecule has 0 saturated heterocycles. The Labute approximate surface area is 106 Å². The lowest BCUT2D eigenvalue weighted by Crippen LogP contribution is -2.09. The first-order chi connectivity index (χ1) is 8.06. The van der Waals surface area contributed by atoms with Gasteiger partial charge in [0.25, 0.3) is 0 Å². The minimum Gasteiger partial charge on any atom is -0.474 e. The van der Waals surface area contributed by atoms with Gasteiger partial charge < -0.3 is 10.5 Å². The maximum absolute atomic E-state index is 5.48. The molecule has 0 unspecified atom stereocenters. The minimum absolute atomic E-state index is 0.0313. The van der Waals surface area contributed by atoms with Crippen molar-refractivity contribution in [3.8, 4) is 11.7 Å². The molecule has 0 radical (unpaired) electrons. The average Bonchev–Trinajstić information content (AvgIpc) is 2.57. The Balaban J connectivity index is 2.36. The van der Waals surface area contributed by atoms with Gasteiger partial charge in [-0.25, -0.2) is 0 Å². The second-order valence-electron chi connectivity index (χ2n) is 3.53. The molecule has 2 aromatic heterocycles. The second-order valence-corrected chi connectivity index (χ2v) is 4.24. The van der Waals surface area contributed by atoms with E-state index in [0.29, 0.717) is 16.4 Å². The predicted molar refractivity (Wildman–Crippen MR) is 64.8 cm³/mol. The Kier molecular flexibility index (Phi) is 3.23. The van der Waals surface area contributed by atoms with E-state index in [4.69, 9.17) is 10.5 Å². The lowest BCUT2D eigenvalue weighted by atomic mass is 10.5. The molecule has 2 aromatic rings. The highest BCUT2D eigenvalue weighted by molar-refractivity contribution is 9.10. The Hall–Kier alpha value is -1.70. The zero-order valence-electron chi connectivity index (χ0n) is 9.33. The fourth-order valence-corrected chi connectivity index (χ4v) is 1.64. The highest BCUT2D eigenvalue weighted by Crippen LogP contribution is 2.15. The van der Waals surface area contributed by atoms with Crippen LogP contribution < -0.4 is 10.5 Å². The Morgan fingerprint density at radius 1 is 1.35 bits per heavy atom. The van der Waals surface area contributed by atoms with E-state index in [2.05, 4.69) is 36.0 Å². The first kappa shape index (κ1) is 11.8. The molecule has 0 aromatic carbocycles. The number of hydrogen-bond donors (Lipinski definition) is 1. The van der Waals surface area contributed by atoms with Crippen LogP contribution in [0.2, 0.25) is 0 Å². The molecule has 0 aliphatic heterocycles. The number of halogens is 1. The third-order valence-electron chi connectivity index (χ3n) is 1.76. The van der Waals surface area contributed by atoms with Crippen LogP contribution in [-0.2, 0) is 0 Å². The molecule has 2 rings (SSSR count). The van der Waals surface area contributed by atoms with Crippen molar-refractivity contribution < 1.29 is 4.74 Å². The van der Waals surface area contributed by atoms with Gasteiger partial charge in [-0.2, -0.15) is 14.6 Å². The SMILES string of the molecule is CC(C)Oc1cncc(-n2nc(N)nc2Br)n1. The lowest BCUT2D eigenvalue weighted by Gasteiger charge is -2.08. The van der Waals surface area contributed by atoms with Gasteiger partial charge in [0.2, 0.25) is 16.6 Å². The summed E-state index contributed by atoms with van der Waals surface area (Å²) in [7, 11) is 0. The number of nitrogens with zero attached hydrogens (tertiary/aromatic N) is 5. The molecule has 0 atom stereocenters. The normalized spacial score (nSPS) is 10.8.